The lowest BCUT2D eigenvalue weighted by molar-refractivity contribution is -0.128. The number of rotatable bonds is 4. The normalized spacial score (nSPS) is 14.2. The van der Waals surface area contributed by atoms with Crippen molar-refractivity contribution >= 4 is 17.6 Å². The summed E-state index contributed by atoms with van der Waals surface area (Å²) in [4.78, 5) is 25.2. The summed E-state index contributed by atoms with van der Waals surface area (Å²) in [6.07, 6.45) is 2.09. The van der Waals surface area contributed by atoms with Crippen molar-refractivity contribution in [3.05, 3.63) is 29.8 Å². The van der Waals surface area contributed by atoms with Crippen molar-refractivity contribution in [3.8, 4) is 0 Å². The van der Waals surface area contributed by atoms with E-state index in [1.807, 2.05) is 18.2 Å². The average molecular weight is 276 g/mol. The smallest absolute Gasteiger partial charge is 0.319 e. The Morgan fingerprint density at radius 3 is 2.70 bits per heavy atom. The number of nitrogens with one attached hydrogen (secondary N) is 2. The van der Waals surface area contributed by atoms with Gasteiger partial charge < -0.3 is 21.3 Å². The number of nitrogens with zero attached hydrogens (tertiary/aromatic N) is 1. The standard InChI is InChI=1S/C14H20N4O2/c15-9-11-4-3-5-12(8-11)17-14(20)16-10-13(19)18-6-1-2-7-18/h3-5,8H,1-2,6-7,9-10,15H2,(H2,16,17,20). The first-order valence-corrected chi connectivity index (χ1v) is 6.80. The van der Waals surface area contributed by atoms with Gasteiger partial charge in [-0.15, -0.1) is 0 Å². The molecule has 0 aliphatic carbocycles. The van der Waals surface area contributed by atoms with E-state index >= 15 is 0 Å². The molecule has 0 bridgehead atoms. The van der Waals surface area contributed by atoms with Crippen LogP contribution in [0.1, 0.15) is 18.4 Å². The Balaban J connectivity index is 1.78. The quantitative estimate of drug-likeness (QED) is 0.763. The maximum Gasteiger partial charge on any atom is 0.319 e. The molecule has 108 valence electrons. The Morgan fingerprint density at radius 2 is 2.00 bits per heavy atom. The Bertz CT molecular complexity index is 484. The van der Waals surface area contributed by atoms with Crippen molar-refractivity contribution in [2.24, 2.45) is 5.73 Å². The highest BCUT2D eigenvalue weighted by Crippen LogP contribution is 2.10. The van der Waals surface area contributed by atoms with E-state index in [0.717, 1.165) is 31.5 Å². The molecule has 3 amide bonds. The van der Waals surface area contributed by atoms with Crippen LogP contribution < -0.4 is 16.4 Å². The Hall–Kier alpha value is -2.08. The van der Waals surface area contributed by atoms with Crippen LogP contribution in [0.15, 0.2) is 24.3 Å². The highest BCUT2D eigenvalue weighted by atomic mass is 16.2. The maximum absolute atomic E-state index is 11.8. The number of carbonyl (C=O) groups is 2. The zero-order valence-corrected chi connectivity index (χ0v) is 11.4. The molecular weight excluding hydrogens is 256 g/mol. The monoisotopic (exact) mass is 276 g/mol. The van der Waals surface area contributed by atoms with E-state index in [1.54, 1.807) is 11.0 Å². The van der Waals surface area contributed by atoms with Crippen LogP contribution in [-0.2, 0) is 11.3 Å². The molecule has 1 aromatic rings. The fourth-order valence-electron chi connectivity index (χ4n) is 2.19. The lowest BCUT2D eigenvalue weighted by Gasteiger charge is -2.15. The third-order valence-corrected chi connectivity index (χ3v) is 3.28. The van der Waals surface area contributed by atoms with Crippen molar-refractivity contribution in [1.82, 2.24) is 10.2 Å². The fraction of sp³-hybridized carbons (Fsp3) is 0.429. The van der Waals surface area contributed by atoms with Crippen LogP contribution >= 0.6 is 0 Å². The number of nitrogens with two attached hydrogens (primary N) is 1. The number of benzene rings is 1. The van der Waals surface area contributed by atoms with E-state index in [2.05, 4.69) is 10.6 Å². The molecule has 6 nitrogen and oxygen atoms in total. The Kier molecular flexibility index (Phi) is 4.95. The molecule has 20 heavy (non-hydrogen) atoms. The van der Waals surface area contributed by atoms with E-state index in [4.69, 9.17) is 5.73 Å². The highest BCUT2D eigenvalue weighted by Gasteiger charge is 2.17. The molecule has 0 saturated carbocycles. The summed E-state index contributed by atoms with van der Waals surface area (Å²) in [7, 11) is 0. The van der Waals surface area contributed by atoms with Crippen molar-refractivity contribution in [2.75, 3.05) is 25.0 Å². The van der Waals surface area contributed by atoms with E-state index in [0.29, 0.717) is 12.2 Å². The summed E-state index contributed by atoms with van der Waals surface area (Å²) in [5, 5.41) is 5.26. The van der Waals surface area contributed by atoms with Gasteiger partial charge in [-0.3, -0.25) is 4.79 Å². The van der Waals surface area contributed by atoms with Gasteiger partial charge in [0.2, 0.25) is 5.91 Å². The van der Waals surface area contributed by atoms with Gasteiger partial charge in [0.15, 0.2) is 0 Å². The van der Waals surface area contributed by atoms with Gasteiger partial charge in [-0.2, -0.15) is 0 Å². The minimum atomic E-state index is -0.383. The van der Waals surface area contributed by atoms with Gasteiger partial charge in [0.05, 0.1) is 6.54 Å². The summed E-state index contributed by atoms with van der Waals surface area (Å²) >= 11 is 0. The van der Waals surface area contributed by atoms with E-state index in [1.165, 1.54) is 0 Å². The fourth-order valence-corrected chi connectivity index (χ4v) is 2.19. The molecule has 6 heteroatoms. The minimum Gasteiger partial charge on any atom is -0.341 e. The zero-order valence-electron chi connectivity index (χ0n) is 11.4. The summed E-state index contributed by atoms with van der Waals surface area (Å²) in [6, 6.07) is 6.92. The minimum absolute atomic E-state index is 0.0302. The topological polar surface area (TPSA) is 87.5 Å². The molecule has 1 fully saturated rings. The molecule has 1 saturated heterocycles. The van der Waals surface area contributed by atoms with Crippen molar-refractivity contribution in [1.29, 1.82) is 0 Å². The molecule has 2 rings (SSSR count). The number of anilines is 1. The number of carbonyl (C=O) groups excluding carboxylic acids is 2. The molecule has 1 aromatic carbocycles. The van der Waals surface area contributed by atoms with Crippen LogP contribution in [0.25, 0.3) is 0 Å². The van der Waals surface area contributed by atoms with Crippen LogP contribution in [0, 0.1) is 0 Å². The number of hydrogen-bond acceptors (Lipinski definition) is 3. The van der Waals surface area contributed by atoms with Gasteiger partial charge in [-0.1, -0.05) is 12.1 Å². The van der Waals surface area contributed by atoms with Crippen LogP contribution in [0.5, 0.6) is 0 Å². The van der Waals surface area contributed by atoms with Crippen LogP contribution in [0.4, 0.5) is 10.5 Å². The van der Waals surface area contributed by atoms with E-state index < -0.39 is 0 Å². The predicted octanol–water partition coefficient (Wildman–Crippen LogP) is 0.889. The van der Waals surface area contributed by atoms with E-state index in [-0.39, 0.29) is 18.5 Å². The molecule has 1 heterocycles. The first kappa shape index (κ1) is 14.3. The van der Waals surface area contributed by atoms with Crippen LogP contribution in [0.2, 0.25) is 0 Å². The van der Waals surface area contributed by atoms with Gasteiger partial charge in [0.25, 0.3) is 0 Å². The summed E-state index contributed by atoms with van der Waals surface area (Å²) in [5.41, 5.74) is 7.15. The second-order valence-electron chi connectivity index (χ2n) is 4.80. The molecule has 1 aliphatic rings. The maximum atomic E-state index is 11.8. The molecule has 1 aliphatic heterocycles. The number of likely N-dealkylation sites (tertiary alicyclic amines) is 1. The van der Waals surface area contributed by atoms with Gasteiger partial charge in [0.1, 0.15) is 0 Å². The Labute approximate surface area is 118 Å². The molecule has 4 N–H and O–H groups in total. The number of urea groups is 1. The second kappa shape index (κ2) is 6.91. The highest BCUT2D eigenvalue weighted by molar-refractivity contribution is 5.92. The summed E-state index contributed by atoms with van der Waals surface area (Å²) in [5.74, 6) is -0.0339. The van der Waals surface area contributed by atoms with Crippen LogP contribution in [-0.4, -0.2) is 36.5 Å². The lowest BCUT2D eigenvalue weighted by Crippen LogP contribution is -2.40. The summed E-state index contributed by atoms with van der Waals surface area (Å²) in [6.45, 7) is 2.04. The van der Waals surface area contributed by atoms with Gasteiger partial charge in [0, 0.05) is 25.3 Å². The third-order valence-electron chi connectivity index (χ3n) is 3.28. The Morgan fingerprint density at radius 1 is 1.25 bits per heavy atom. The largest absolute Gasteiger partial charge is 0.341 e. The molecule has 0 unspecified atom stereocenters. The van der Waals surface area contributed by atoms with E-state index in [9.17, 15) is 9.59 Å². The summed E-state index contributed by atoms with van der Waals surface area (Å²) < 4.78 is 0. The molecular formula is C14H20N4O2. The molecule has 0 aromatic heterocycles. The zero-order chi connectivity index (χ0) is 14.4. The van der Waals surface area contributed by atoms with Crippen molar-refractivity contribution < 1.29 is 9.59 Å². The van der Waals surface area contributed by atoms with Gasteiger partial charge >= 0.3 is 6.03 Å². The van der Waals surface area contributed by atoms with Gasteiger partial charge in [-0.05, 0) is 30.5 Å². The molecule has 0 radical (unpaired) electrons. The number of amides is 3. The first-order valence-electron chi connectivity index (χ1n) is 6.80. The number of hydrogen-bond donors (Lipinski definition) is 3. The lowest BCUT2D eigenvalue weighted by atomic mass is 10.2. The van der Waals surface area contributed by atoms with Gasteiger partial charge in [-0.25, -0.2) is 4.79 Å². The molecule has 0 spiro atoms. The SMILES string of the molecule is NCc1cccc(NC(=O)NCC(=O)N2CCCC2)c1. The van der Waals surface area contributed by atoms with Crippen molar-refractivity contribution in [3.63, 3.8) is 0 Å². The molecule has 0 atom stereocenters. The second-order valence-corrected chi connectivity index (χ2v) is 4.80. The average Bonchev–Trinajstić information content (AvgIpc) is 2.99. The third kappa shape index (κ3) is 3.96. The van der Waals surface area contributed by atoms with Crippen LogP contribution in [0.3, 0.4) is 0 Å². The predicted molar refractivity (Wildman–Crippen MR) is 77.2 cm³/mol. The first-order chi connectivity index (χ1) is 9.69. The van der Waals surface area contributed by atoms with Crippen molar-refractivity contribution in [2.45, 2.75) is 19.4 Å².